The number of likely N-dealkylation sites (tertiary alicyclic amines) is 1. The number of nitrogens with one attached hydrogen (secondary N) is 1. The summed E-state index contributed by atoms with van der Waals surface area (Å²) in [6, 6.07) is 10.5. The summed E-state index contributed by atoms with van der Waals surface area (Å²) in [5, 5.41) is 3.49. The number of nitrogens with zero attached hydrogens (tertiary/aromatic N) is 1. The van der Waals surface area contributed by atoms with Crippen molar-refractivity contribution in [1.29, 1.82) is 0 Å². The van der Waals surface area contributed by atoms with E-state index in [0.29, 0.717) is 0 Å². The van der Waals surface area contributed by atoms with E-state index in [2.05, 4.69) is 58.3 Å². The zero-order valence-corrected chi connectivity index (χ0v) is 13.8. The van der Waals surface area contributed by atoms with Crippen LogP contribution in [0.4, 0.5) is 0 Å². The summed E-state index contributed by atoms with van der Waals surface area (Å²) in [7, 11) is 3.25. The molecule has 1 aromatic rings. The lowest BCUT2D eigenvalue weighted by atomic mass is 10.2. The molecule has 118 valence electrons. The molecule has 0 aliphatic carbocycles. The van der Waals surface area contributed by atoms with E-state index in [-0.39, 0.29) is 0 Å². The van der Waals surface area contributed by atoms with E-state index in [4.69, 9.17) is 0 Å². The molecule has 1 aliphatic rings. The van der Waals surface area contributed by atoms with Crippen LogP contribution in [-0.2, 0) is 4.74 Å². The number of rotatable bonds is 6. The van der Waals surface area contributed by atoms with Crippen LogP contribution >= 0.6 is 0 Å². The first kappa shape index (κ1) is 17.7. The molecule has 0 radical (unpaired) electrons. The first-order valence-electron chi connectivity index (χ1n) is 7.86. The molecule has 0 bridgehead atoms. The van der Waals surface area contributed by atoms with Crippen molar-refractivity contribution in [3.63, 3.8) is 0 Å². The van der Waals surface area contributed by atoms with Gasteiger partial charge in [0.1, 0.15) is 0 Å². The third kappa shape index (κ3) is 8.53. The maximum Gasteiger partial charge on any atom is 0.0351 e. The molecule has 0 spiro atoms. The predicted octanol–water partition coefficient (Wildman–Crippen LogP) is 3.39. The van der Waals surface area contributed by atoms with Gasteiger partial charge in [0.05, 0.1) is 0 Å². The molecule has 1 fully saturated rings. The number of methoxy groups -OCH3 is 1. The number of allylic oxidation sites excluding steroid dienone is 1. The minimum Gasteiger partial charge on any atom is -0.389 e. The highest BCUT2D eigenvalue weighted by Crippen LogP contribution is 2.07. The normalized spacial score (nSPS) is 15.5. The number of hydrogen-bond acceptors (Lipinski definition) is 3. The van der Waals surface area contributed by atoms with Gasteiger partial charge in [-0.1, -0.05) is 30.3 Å². The quantitative estimate of drug-likeness (QED) is 0.813. The third-order valence-electron chi connectivity index (χ3n) is 3.44. The molecule has 1 aliphatic heterocycles. The molecule has 0 amide bonds. The lowest BCUT2D eigenvalue weighted by Gasteiger charge is -2.14. The van der Waals surface area contributed by atoms with Crippen molar-refractivity contribution in [3.8, 4) is 0 Å². The molecule has 0 saturated carbocycles. The van der Waals surface area contributed by atoms with E-state index in [1.165, 1.54) is 50.2 Å². The first-order chi connectivity index (χ1) is 10.3. The highest BCUT2D eigenvalue weighted by atomic mass is 16.4. The Morgan fingerprint density at radius 3 is 2.43 bits per heavy atom. The maximum atomic E-state index is 4.25. The number of ether oxygens (including phenoxy) is 1. The Kier molecular flexibility index (Phi) is 9.58. The van der Waals surface area contributed by atoms with Crippen LogP contribution in [0.25, 0.3) is 6.08 Å². The molecule has 2 rings (SSSR count). The Morgan fingerprint density at radius 1 is 1.19 bits per heavy atom. The van der Waals surface area contributed by atoms with Crippen molar-refractivity contribution in [2.24, 2.45) is 0 Å². The van der Waals surface area contributed by atoms with Crippen molar-refractivity contribution >= 4 is 6.08 Å². The van der Waals surface area contributed by atoms with Crippen LogP contribution < -0.4 is 5.32 Å². The van der Waals surface area contributed by atoms with Gasteiger partial charge in [-0.3, -0.25) is 0 Å². The van der Waals surface area contributed by atoms with Gasteiger partial charge in [-0.2, -0.15) is 0 Å². The molecule has 0 atom stereocenters. The Bertz CT molecular complexity index is 383. The van der Waals surface area contributed by atoms with Gasteiger partial charge < -0.3 is 15.0 Å². The monoisotopic (exact) mass is 290 g/mol. The summed E-state index contributed by atoms with van der Waals surface area (Å²) in [5.74, 6) is 0. The third-order valence-corrected chi connectivity index (χ3v) is 3.44. The highest BCUT2D eigenvalue weighted by molar-refractivity contribution is 5.51. The van der Waals surface area contributed by atoms with Crippen LogP contribution in [-0.4, -0.2) is 45.3 Å². The Balaban J connectivity index is 0.000000677. The van der Waals surface area contributed by atoms with Crippen LogP contribution in [0, 0.1) is 0 Å². The lowest BCUT2D eigenvalue weighted by molar-refractivity contribution is 0.277. The van der Waals surface area contributed by atoms with Gasteiger partial charge in [0.25, 0.3) is 0 Å². The Morgan fingerprint density at radius 2 is 1.81 bits per heavy atom. The fourth-order valence-corrected chi connectivity index (χ4v) is 2.44. The van der Waals surface area contributed by atoms with Gasteiger partial charge in [-0.05, 0) is 57.5 Å². The fraction of sp³-hybridized carbons (Fsp3) is 0.556. The van der Waals surface area contributed by atoms with E-state index in [9.17, 15) is 0 Å². The van der Waals surface area contributed by atoms with E-state index in [1.807, 2.05) is 0 Å². The van der Waals surface area contributed by atoms with Gasteiger partial charge in [0, 0.05) is 26.5 Å². The Hall–Kier alpha value is -1.32. The average molecular weight is 290 g/mol. The smallest absolute Gasteiger partial charge is 0.0351 e. The Labute approximate surface area is 130 Å². The van der Waals surface area contributed by atoms with Gasteiger partial charge >= 0.3 is 0 Å². The number of hydrogen-bond donors (Lipinski definition) is 1. The molecule has 0 aromatic heterocycles. The average Bonchev–Trinajstić information content (AvgIpc) is 2.99. The molecule has 0 unspecified atom stereocenters. The number of benzene rings is 1. The minimum atomic E-state index is 1.08. The van der Waals surface area contributed by atoms with Crippen molar-refractivity contribution in [1.82, 2.24) is 10.2 Å². The second-order valence-electron chi connectivity index (χ2n) is 5.48. The van der Waals surface area contributed by atoms with Crippen LogP contribution in [0.2, 0.25) is 0 Å². The van der Waals surface area contributed by atoms with Crippen molar-refractivity contribution < 1.29 is 4.74 Å². The zero-order valence-electron chi connectivity index (χ0n) is 13.8. The van der Waals surface area contributed by atoms with Crippen LogP contribution in [0.1, 0.15) is 31.7 Å². The molecule has 3 nitrogen and oxygen atoms in total. The van der Waals surface area contributed by atoms with Crippen molar-refractivity contribution in [2.45, 2.75) is 26.2 Å². The van der Waals surface area contributed by atoms with Crippen LogP contribution in [0.15, 0.2) is 36.0 Å². The first-order valence-corrected chi connectivity index (χ1v) is 7.86. The minimum absolute atomic E-state index is 1.08. The zero-order chi connectivity index (χ0) is 15.3. The summed E-state index contributed by atoms with van der Waals surface area (Å²) in [6.07, 6.45) is 6.22. The van der Waals surface area contributed by atoms with Gasteiger partial charge in [0.2, 0.25) is 0 Å². The summed E-state index contributed by atoms with van der Waals surface area (Å²) in [4.78, 5) is 2.57. The summed E-state index contributed by atoms with van der Waals surface area (Å²) in [5.41, 5.74) is 2.52. The maximum absolute atomic E-state index is 4.25. The fourth-order valence-electron chi connectivity index (χ4n) is 2.44. The van der Waals surface area contributed by atoms with Gasteiger partial charge in [-0.15, -0.1) is 0 Å². The molecule has 1 heterocycles. The molecule has 3 heteroatoms. The second kappa shape index (κ2) is 11.4. The molecular formula is C18H30N2O. The summed E-state index contributed by atoms with van der Waals surface area (Å²) in [6.45, 7) is 7.07. The second-order valence-corrected chi connectivity index (χ2v) is 5.48. The predicted molar refractivity (Wildman–Crippen MR) is 91.3 cm³/mol. The summed E-state index contributed by atoms with van der Waals surface area (Å²) >= 11 is 0. The highest BCUT2D eigenvalue weighted by Gasteiger charge is 2.09. The van der Waals surface area contributed by atoms with Crippen LogP contribution in [0.5, 0.6) is 0 Å². The summed E-state index contributed by atoms with van der Waals surface area (Å²) < 4.78 is 4.25. The largest absolute Gasteiger partial charge is 0.389 e. The van der Waals surface area contributed by atoms with E-state index in [0.717, 1.165) is 6.54 Å². The molecule has 1 saturated heterocycles. The SMILES string of the molecule is C/C(=C\c1ccccc1)NCCCN1CCCC1.COC. The topological polar surface area (TPSA) is 24.5 Å². The standard InChI is InChI=1S/C16H24N2.C2H6O/c1-15(14-16-8-3-2-4-9-16)17-10-7-13-18-11-5-6-12-18;1-3-2/h2-4,8-9,14,17H,5-7,10-13H2,1H3;1-2H3/b15-14+;. The molecular weight excluding hydrogens is 260 g/mol. The van der Waals surface area contributed by atoms with Gasteiger partial charge in [0.15, 0.2) is 0 Å². The van der Waals surface area contributed by atoms with Crippen molar-refractivity contribution in [3.05, 3.63) is 41.6 Å². The van der Waals surface area contributed by atoms with Gasteiger partial charge in [-0.25, -0.2) is 0 Å². The molecule has 1 aromatic carbocycles. The van der Waals surface area contributed by atoms with E-state index in [1.54, 1.807) is 14.2 Å². The lowest BCUT2D eigenvalue weighted by Crippen LogP contribution is -2.24. The molecule has 1 N–H and O–H groups in total. The van der Waals surface area contributed by atoms with E-state index >= 15 is 0 Å². The molecule has 21 heavy (non-hydrogen) atoms. The van der Waals surface area contributed by atoms with Crippen molar-refractivity contribution in [2.75, 3.05) is 40.4 Å². The van der Waals surface area contributed by atoms with E-state index < -0.39 is 0 Å². The van der Waals surface area contributed by atoms with Crippen LogP contribution in [0.3, 0.4) is 0 Å².